The van der Waals surface area contributed by atoms with Crippen LogP contribution in [0, 0.1) is 11.3 Å². The number of nitrogen functional groups attached to an aromatic ring is 1. The van der Waals surface area contributed by atoms with Crippen molar-refractivity contribution in [3.8, 4) is 11.8 Å². The molecule has 0 spiro atoms. The van der Waals surface area contributed by atoms with Gasteiger partial charge in [0, 0.05) is 0 Å². The molecule has 0 amide bonds. The molecule has 0 saturated carbocycles. The number of halogens is 1. The van der Waals surface area contributed by atoms with Gasteiger partial charge in [0.2, 0.25) is 5.95 Å². The number of hydrogen-bond donors (Lipinski definition) is 2. The summed E-state index contributed by atoms with van der Waals surface area (Å²) in [5.74, 6) is -0.0831. The van der Waals surface area contributed by atoms with E-state index >= 15 is 0 Å². The number of nitrogens with zero attached hydrogens (tertiary/aromatic N) is 5. The number of hydrogen-bond acceptors (Lipinski definition) is 9. The molecule has 10 nitrogen and oxygen atoms in total. The molecule has 2 aromatic heterocycles. The minimum Gasteiger partial charge on any atom is -0.465 e. The number of benzene rings is 2. The van der Waals surface area contributed by atoms with Crippen molar-refractivity contribution >= 4 is 40.2 Å². The topological polar surface area (TPSA) is 149 Å². The van der Waals surface area contributed by atoms with Gasteiger partial charge in [-0.3, -0.25) is 9.36 Å². The van der Waals surface area contributed by atoms with Crippen molar-refractivity contribution in [2.24, 2.45) is 0 Å². The average molecular weight is 476 g/mol. The van der Waals surface area contributed by atoms with E-state index in [0.717, 1.165) is 0 Å². The minimum atomic E-state index is -0.626. The van der Waals surface area contributed by atoms with Crippen molar-refractivity contribution < 1.29 is 9.53 Å². The van der Waals surface area contributed by atoms with Crippen LogP contribution < -0.4 is 16.6 Å². The molecular weight excluding hydrogens is 458 g/mol. The number of fused-ring (bicyclic) bond motifs is 1. The Kier molecular flexibility index (Phi) is 6.12. The summed E-state index contributed by atoms with van der Waals surface area (Å²) in [4.78, 5) is 38.4. The smallest absolute Gasteiger partial charge is 0.337 e. The van der Waals surface area contributed by atoms with Gasteiger partial charge in [-0.2, -0.15) is 10.2 Å². The van der Waals surface area contributed by atoms with Crippen molar-refractivity contribution in [3.05, 3.63) is 81.0 Å². The lowest BCUT2D eigenvalue weighted by atomic mass is 10.1. The van der Waals surface area contributed by atoms with Crippen LogP contribution in [0.5, 0.6) is 0 Å². The van der Waals surface area contributed by atoms with E-state index in [9.17, 15) is 14.9 Å². The molecule has 0 aliphatic rings. The first-order chi connectivity index (χ1) is 16.3. The highest BCUT2D eigenvalue weighted by atomic mass is 35.5. The number of carbonyl (C=O) groups is 1. The third-order valence-electron chi connectivity index (χ3n) is 5.07. The number of nitrogens with one attached hydrogen (secondary N) is 1. The first kappa shape index (κ1) is 22.7. The third kappa shape index (κ3) is 4.12. The lowest BCUT2D eigenvalue weighted by molar-refractivity contribution is 0.0600. The molecule has 0 fully saturated rings. The summed E-state index contributed by atoms with van der Waals surface area (Å²) >= 11 is 6.33. The maximum Gasteiger partial charge on any atom is 0.337 e. The molecule has 0 aliphatic heterocycles. The van der Waals surface area contributed by atoms with Crippen LogP contribution in [0.25, 0.3) is 16.6 Å². The number of ether oxygens (including phenoxy) is 1. The fourth-order valence-corrected chi connectivity index (χ4v) is 3.74. The van der Waals surface area contributed by atoms with Gasteiger partial charge in [-0.05, 0) is 37.3 Å². The maximum atomic E-state index is 13.7. The summed E-state index contributed by atoms with van der Waals surface area (Å²) < 4.78 is 6.16. The summed E-state index contributed by atoms with van der Waals surface area (Å²) in [5, 5.41) is 13.0. The highest BCUT2D eigenvalue weighted by molar-refractivity contribution is 6.35. The Hall–Kier alpha value is -4.49. The predicted octanol–water partition coefficient (Wildman–Crippen LogP) is 3.24. The SMILES string of the molecule is COC(=O)c1cccc(-n2c([C@H](C)Nc3nc(N)ncc3C#N)nc3cccc(Cl)c3c2=O)c1. The number of anilines is 2. The zero-order chi connectivity index (χ0) is 24.4. The Morgan fingerprint density at radius 3 is 2.76 bits per heavy atom. The monoisotopic (exact) mass is 475 g/mol. The van der Waals surface area contributed by atoms with Gasteiger partial charge in [-0.15, -0.1) is 0 Å². The van der Waals surface area contributed by atoms with Crippen molar-refractivity contribution in [2.75, 3.05) is 18.2 Å². The predicted molar refractivity (Wildman–Crippen MR) is 127 cm³/mol. The fourth-order valence-electron chi connectivity index (χ4n) is 3.49. The van der Waals surface area contributed by atoms with Crippen LogP contribution in [0.15, 0.2) is 53.5 Å². The molecule has 0 radical (unpaired) electrons. The molecule has 0 aliphatic carbocycles. The number of methoxy groups -OCH3 is 1. The number of aromatic nitrogens is 4. The van der Waals surface area contributed by atoms with Gasteiger partial charge in [0.05, 0.1) is 46.5 Å². The second-order valence-electron chi connectivity index (χ2n) is 7.25. The van der Waals surface area contributed by atoms with E-state index in [1.165, 1.54) is 23.9 Å². The maximum absolute atomic E-state index is 13.7. The summed E-state index contributed by atoms with van der Waals surface area (Å²) in [6.07, 6.45) is 1.30. The number of nitriles is 1. The molecule has 2 heterocycles. The second kappa shape index (κ2) is 9.17. The summed E-state index contributed by atoms with van der Waals surface area (Å²) in [6, 6.07) is 12.7. The summed E-state index contributed by atoms with van der Waals surface area (Å²) in [5.41, 5.74) is 6.47. The van der Waals surface area contributed by atoms with Gasteiger partial charge in [-0.25, -0.2) is 14.8 Å². The fraction of sp³-hybridized carbons (Fsp3) is 0.130. The zero-order valence-corrected chi connectivity index (χ0v) is 18.9. The van der Waals surface area contributed by atoms with Crippen molar-refractivity contribution in [1.82, 2.24) is 19.5 Å². The number of esters is 1. The average Bonchev–Trinajstić information content (AvgIpc) is 2.83. The van der Waals surface area contributed by atoms with E-state index in [1.54, 1.807) is 43.3 Å². The molecular formula is C23H18ClN7O3. The summed E-state index contributed by atoms with van der Waals surface area (Å²) in [7, 11) is 1.27. The molecule has 11 heteroatoms. The Labute approximate surface area is 198 Å². The Bertz CT molecular complexity index is 1530. The molecule has 4 aromatic rings. The van der Waals surface area contributed by atoms with Crippen LogP contribution in [0.2, 0.25) is 5.02 Å². The first-order valence-electron chi connectivity index (χ1n) is 10.0. The van der Waals surface area contributed by atoms with Crippen molar-refractivity contribution in [3.63, 3.8) is 0 Å². The van der Waals surface area contributed by atoms with Gasteiger partial charge in [0.1, 0.15) is 23.3 Å². The van der Waals surface area contributed by atoms with Crippen molar-refractivity contribution in [2.45, 2.75) is 13.0 Å². The molecule has 0 unspecified atom stereocenters. The number of nitrogens with two attached hydrogens (primary N) is 1. The van der Waals surface area contributed by atoms with Crippen LogP contribution in [0.3, 0.4) is 0 Å². The van der Waals surface area contributed by atoms with Gasteiger partial charge in [0.15, 0.2) is 0 Å². The highest BCUT2D eigenvalue weighted by Crippen LogP contribution is 2.25. The molecule has 3 N–H and O–H groups in total. The lowest BCUT2D eigenvalue weighted by Gasteiger charge is -2.21. The standard InChI is InChI=1S/C23H18ClN7O3/c1-12(28-19-14(10-25)11-27-23(26)30-19)20-29-17-8-4-7-16(24)18(17)21(32)31(20)15-6-3-5-13(9-15)22(33)34-2/h3-9,11-12H,1-2H3,(H3,26,27,28,30)/t12-/m0/s1. The second-order valence-corrected chi connectivity index (χ2v) is 7.66. The van der Waals surface area contributed by atoms with E-state index in [1.807, 2.05) is 6.07 Å². The Morgan fingerprint density at radius 2 is 2.03 bits per heavy atom. The lowest BCUT2D eigenvalue weighted by Crippen LogP contribution is -2.28. The molecule has 0 bridgehead atoms. The highest BCUT2D eigenvalue weighted by Gasteiger charge is 2.21. The molecule has 0 saturated heterocycles. The normalized spacial score (nSPS) is 11.6. The van der Waals surface area contributed by atoms with Crippen LogP contribution in [0.1, 0.15) is 34.7 Å². The molecule has 2 aromatic carbocycles. The summed E-state index contributed by atoms with van der Waals surface area (Å²) in [6.45, 7) is 1.75. The quantitative estimate of drug-likeness (QED) is 0.414. The molecule has 34 heavy (non-hydrogen) atoms. The van der Waals surface area contributed by atoms with E-state index in [0.29, 0.717) is 17.0 Å². The van der Waals surface area contributed by atoms with Crippen LogP contribution in [-0.4, -0.2) is 32.6 Å². The number of carbonyl (C=O) groups excluding carboxylic acids is 1. The van der Waals surface area contributed by atoms with Crippen LogP contribution in [0.4, 0.5) is 11.8 Å². The van der Waals surface area contributed by atoms with E-state index in [2.05, 4.69) is 20.3 Å². The van der Waals surface area contributed by atoms with Gasteiger partial charge in [0.25, 0.3) is 5.56 Å². The van der Waals surface area contributed by atoms with Gasteiger partial charge in [-0.1, -0.05) is 23.7 Å². The van der Waals surface area contributed by atoms with Crippen molar-refractivity contribution in [1.29, 1.82) is 5.26 Å². The van der Waals surface area contributed by atoms with E-state index < -0.39 is 17.6 Å². The minimum absolute atomic E-state index is 0.0184. The van der Waals surface area contributed by atoms with Gasteiger partial charge >= 0.3 is 5.97 Å². The van der Waals surface area contributed by atoms with E-state index in [-0.39, 0.29) is 33.3 Å². The first-order valence-corrected chi connectivity index (χ1v) is 10.4. The molecule has 1 atom stereocenters. The number of rotatable bonds is 5. The van der Waals surface area contributed by atoms with Crippen LogP contribution in [-0.2, 0) is 4.74 Å². The van der Waals surface area contributed by atoms with Crippen LogP contribution >= 0.6 is 11.6 Å². The Balaban J connectivity index is 1.95. The zero-order valence-electron chi connectivity index (χ0n) is 18.1. The Morgan fingerprint density at radius 1 is 1.26 bits per heavy atom. The van der Waals surface area contributed by atoms with E-state index in [4.69, 9.17) is 22.1 Å². The third-order valence-corrected chi connectivity index (χ3v) is 5.38. The molecule has 170 valence electrons. The molecule has 4 rings (SSSR count). The largest absolute Gasteiger partial charge is 0.465 e. The van der Waals surface area contributed by atoms with Gasteiger partial charge < -0.3 is 15.8 Å².